The first-order valence-corrected chi connectivity index (χ1v) is 10.8. The molecule has 0 radical (unpaired) electrons. The fraction of sp³-hybridized carbons (Fsp3) is 0.381. The van der Waals surface area contributed by atoms with Crippen molar-refractivity contribution in [2.45, 2.75) is 31.4 Å². The van der Waals surface area contributed by atoms with Crippen LogP contribution in [-0.4, -0.2) is 61.7 Å². The molecule has 10 heteroatoms. The van der Waals surface area contributed by atoms with Gasteiger partial charge in [0.1, 0.15) is 23.0 Å². The molecule has 1 saturated heterocycles. The van der Waals surface area contributed by atoms with E-state index in [0.717, 1.165) is 0 Å². The highest BCUT2D eigenvalue weighted by Crippen LogP contribution is 2.39. The van der Waals surface area contributed by atoms with Crippen molar-refractivity contribution in [3.8, 4) is 5.75 Å². The molecule has 1 aromatic carbocycles. The number of rotatable bonds is 7. The average Bonchev–Trinajstić information content (AvgIpc) is 2.75. The van der Waals surface area contributed by atoms with E-state index in [2.05, 4.69) is 17.2 Å². The molecule has 3 rings (SSSR count). The number of hydrogen-bond donors (Lipinski definition) is 5. The maximum absolute atomic E-state index is 12.8. The molecule has 0 bridgehead atoms. The molecular weight excluding hydrogens is 422 g/mol. The third kappa shape index (κ3) is 4.46. The number of phenolic OH excluding ortho intramolecular Hbond substituents is 1. The van der Waals surface area contributed by atoms with Gasteiger partial charge in [-0.2, -0.15) is 0 Å². The zero-order chi connectivity index (χ0) is 22.9. The fourth-order valence-corrected chi connectivity index (χ4v) is 4.52. The van der Waals surface area contributed by atoms with Crippen molar-refractivity contribution in [1.82, 2.24) is 15.5 Å². The monoisotopic (exact) mass is 447 g/mol. The van der Waals surface area contributed by atoms with E-state index >= 15 is 0 Å². The molecule has 0 aromatic heterocycles. The quantitative estimate of drug-likeness (QED) is 0.300. The topological polar surface area (TPSA) is 139 Å². The number of nitrogens with zero attached hydrogens (tertiary/aromatic N) is 1. The number of fused-ring (bicyclic) bond motifs is 1. The summed E-state index contributed by atoms with van der Waals surface area (Å²) in [7, 11) is 0. The lowest BCUT2D eigenvalue weighted by molar-refractivity contribution is -0.148. The molecule has 1 aromatic rings. The third-order valence-electron chi connectivity index (χ3n) is 5.21. The number of carbonyl (C=O) groups is 3. The Hall–Kier alpha value is -2.82. The number of aromatic hydroxyl groups is 1. The second-order valence-electron chi connectivity index (χ2n) is 7.63. The van der Waals surface area contributed by atoms with Crippen molar-refractivity contribution in [2.75, 3.05) is 12.4 Å². The highest BCUT2D eigenvalue weighted by molar-refractivity contribution is 8.00. The normalized spacial score (nSPS) is 21.3. The Kier molecular flexibility index (Phi) is 6.73. The van der Waals surface area contributed by atoms with Gasteiger partial charge in [0.05, 0.1) is 6.61 Å². The molecule has 0 aliphatic carbocycles. The molecular formula is C21H25N3O6S. The van der Waals surface area contributed by atoms with Gasteiger partial charge >= 0.3 is 0 Å². The number of amides is 3. The first kappa shape index (κ1) is 22.9. The van der Waals surface area contributed by atoms with Crippen molar-refractivity contribution in [3.63, 3.8) is 0 Å². The summed E-state index contributed by atoms with van der Waals surface area (Å²) in [6, 6.07) is 4.63. The zero-order valence-electron chi connectivity index (χ0n) is 17.2. The molecule has 0 saturated carbocycles. The summed E-state index contributed by atoms with van der Waals surface area (Å²) in [6.45, 7) is 7.07. The number of nitrogens with one attached hydrogen (secondary N) is 2. The number of carbonyl (C=O) groups excluding carboxylic acids is 3. The van der Waals surface area contributed by atoms with Gasteiger partial charge in [0, 0.05) is 16.9 Å². The Labute approximate surface area is 183 Å². The Morgan fingerprint density at radius 2 is 1.94 bits per heavy atom. The molecule has 2 aliphatic heterocycles. The zero-order valence-corrected chi connectivity index (χ0v) is 18.0. The second kappa shape index (κ2) is 9.13. The minimum absolute atomic E-state index is 0.000904. The lowest BCUT2D eigenvalue weighted by atomic mass is 10.0. The van der Waals surface area contributed by atoms with E-state index in [1.807, 2.05) is 13.8 Å². The van der Waals surface area contributed by atoms with Crippen LogP contribution in [0.15, 0.2) is 47.8 Å². The van der Waals surface area contributed by atoms with Crippen LogP contribution in [0.5, 0.6) is 5.75 Å². The van der Waals surface area contributed by atoms with Gasteiger partial charge in [-0.25, -0.2) is 0 Å². The maximum Gasteiger partial charge on any atom is 0.254 e. The summed E-state index contributed by atoms with van der Waals surface area (Å²) >= 11 is 1.34. The number of benzene rings is 1. The van der Waals surface area contributed by atoms with Crippen LogP contribution in [0, 0.1) is 5.92 Å². The van der Waals surface area contributed by atoms with Crippen molar-refractivity contribution in [2.24, 2.45) is 5.92 Å². The molecule has 31 heavy (non-hydrogen) atoms. The van der Waals surface area contributed by atoms with E-state index in [1.165, 1.54) is 40.9 Å². The van der Waals surface area contributed by atoms with Gasteiger partial charge in [0.25, 0.3) is 17.7 Å². The fourth-order valence-electron chi connectivity index (χ4n) is 3.19. The standard InChI is InChI=1S/C21H25N3O6S/c1-10(2)11(3)18(28)23-17-13(8-25)9-31-21-15(20(30)24(17)21)22-19(29)16(27)12-4-6-14(26)7-5-12/h4-7,10,15-16,21,25-27H,3,8-9H2,1-2H3,(H,22,29)(H,23,28)/t15-,16?,21-/m0/s1. The van der Waals surface area contributed by atoms with Gasteiger partial charge in [0.15, 0.2) is 6.10 Å². The van der Waals surface area contributed by atoms with Crippen molar-refractivity contribution >= 4 is 29.5 Å². The van der Waals surface area contributed by atoms with Crippen molar-refractivity contribution in [3.05, 3.63) is 53.4 Å². The molecule has 3 atom stereocenters. The molecule has 0 spiro atoms. The summed E-state index contributed by atoms with van der Waals surface area (Å²) in [4.78, 5) is 39.0. The number of β-lactam (4-membered cyclic amide) rings is 1. The lowest BCUT2D eigenvalue weighted by Crippen LogP contribution is -2.71. The van der Waals surface area contributed by atoms with Crippen LogP contribution >= 0.6 is 11.8 Å². The molecule has 1 unspecified atom stereocenters. The van der Waals surface area contributed by atoms with Crippen molar-refractivity contribution < 1.29 is 29.7 Å². The van der Waals surface area contributed by atoms with E-state index in [4.69, 9.17) is 0 Å². The van der Waals surface area contributed by atoms with E-state index in [-0.39, 0.29) is 29.7 Å². The number of thioether (sulfide) groups is 1. The minimum Gasteiger partial charge on any atom is -0.508 e. The molecule has 5 N–H and O–H groups in total. The maximum atomic E-state index is 12.8. The Bertz CT molecular complexity index is 943. The summed E-state index contributed by atoms with van der Waals surface area (Å²) in [5.74, 6) is -1.16. The summed E-state index contributed by atoms with van der Waals surface area (Å²) in [5.41, 5.74) is 1.11. The smallest absolute Gasteiger partial charge is 0.254 e. The van der Waals surface area contributed by atoms with E-state index in [1.54, 1.807) is 0 Å². The van der Waals surface area contributed by atoms with Crippen LogP contribution in [0.2, 0.25) is 0 Å². The van der Waals surface area contributed by atoms with Crippen LogP contribution < -0.4 is 10.6 Å². The van der Waals surface area contributed by atoms with E-state index in [0.29, 0.717) is 16.9 Å². The molecule has 1 fully saturated rings. The number of hydrogen-bond acceptors (Lipinski definition) is 7. The SMILES string of the molecule is C=C(C(=O)NC1=C(CO)CS[C@H]2[C@@H](NC(=O)C(O)c3ccc(O)cc3)C(=O)N12)C(C)C. The van der Waals surface area contributed by atoms with Gasteiger partial charge in [-0.05, 0) is 23.6 Å². The van der Waals surface area contributed by atoms with Crippen LogP contribution in [0.3, 0.4) is 0 Å². The van der Waals surface area contributed by atoms with Crippen LogP contribution in [0.1, 0.15) is 25.5 Å². The number of phenols is 1. The molecule has 9 nitrogen and oxygen atoms in total. The summed E-state index contributed by atoms with van der Waals surface area (Å²) in [5, 5.41) is 34.0. The minimum atomic E-state index is -1.51. The van der Waals surface area contributed by atoms with Gasteiger partial charge in [-0.1, -0.05) is 32.6 Å². The highest BCUT2D eigenvalue weighted by atomic mass is 32.2. The average molecular weight is 448 g/mol. The molecule has 166 valence electrons. The van der Waals surface area contributed by atoms with Gasteiger partial charge in [0.2, 0.25) is 0 Å². The molecule has 2 aliphatic rings. The first-order chi connectivity index (χ1) is 14.6. The van der Waals surface area contributed by atoms with Crippen LogP contribution in [0.25, 0.3) is 0 Å². The van der Waals surface area contributed by atoms with Crippen LogP contribution in [-0.2, 0) is 14.4 Å². The third-order valence-corrected chi connectivity index (χ3v) is 6.55. The molecule has 2 heterocycles. The Morgan fingerprint density at radius 1 is 1.29 bits per heavy atom. The number of aliphatic hydroxyl groups excluding tert-OH is 2. The predicted molar refractivity (Wildman–Crippen MR) is 114 cm³/mol. The summed E-state index contributed by atoms with van der Waals surface area (Å²) in [6.07, 6.45) is -1.51. The van der Waals surface area contributed by atoms with E-state index < -0.39 is 35.2 Å². The Balaban J connectivity index is 1.72. The van der Waals surface area contributed by atoms with Gasteiger partial charge < -0.3 is 26.0 Å². The lowest BCUT2D eigenvalue weighted by Gasteiger charge is -2.50. The predicted octanol–water partition coefficient (Wildman–Crippen LogP) is 0.358. The largest absolute Gasteiger partial charge is 0.508 e. The van der Waals surface area contributed by atoms with Gasteiger partial charge in [-0.15, -0.1) is 11.8 Å². The van der Waals surface area contributed by atoms with Crippen molar-refractivity contribution in [1.29, 1.82) is 0 Å². The number of aliphatic hydroxyl groups is 2. The summed E-state index contributed by atoms with van der Waals surface area (Å²) < 4.78 is 0. The van der Waals surface area contributed by atoms with Gasteiger partial charge in [-0.3, -0.25) is 19.3 Å². The Morgan fingerprint density at radius 3 is 2.52 bits per heavy atom. The first-order valence-electron chi connectivity index (χ1n) is 9.70. The highest BCUT2D eigenvalue weighted by Gasteiger charge is 2.53. The van der Waals surface area contributed by atoms with Crippen LogP contribution in [0.4, 0.5) is 0 Å². The molecule has 3 amide bonds. The van der Waals surface area contributed by atoms with E-state index in [9.17, 15) is 29.7 Å². The second-order valence-corrected chi connectivity index (χ2v) is 8.74.